The number of carbonyl (C=O) groups excluding carboxylic acids is 1. The van der Waals surface area contributed by atoms with Gasteiger partial charge in [0.25, 0.3) is 11.8 Å². The minimum atomic E-state index is -3.10. The van der Waals surface area contributed by atoms with Crippen LogP contribution in [0.15, 0.2) is 36.4 Å². The van der Waals surface area contributed by atoms with Crippen LogP contribution in [0.4, 0.5) is 18.9 Å². The summed E-state index contributed by atoms with van der Waals surface area (Å²) in [5, 5.41) is 2.55. The first-order valence-corrected chi connectivity index (χ1v) is 7.43. The first-order chi connectivity index (χ1) is 11.2. The summed E-state index contributed by atoms with van der Waals surface area (Å²) in [5.41, 5.74) is -3.02. The third kappa shape index (κ3) is 2.41. The van der Waals surface area contributed by atoms with E-state index in [4.69, 9.17) is 16.3 Å². The average Bonchev–Trinajstić information content (AvgIpc) is 2.78. The second kappa shape index (κ2) is 5.41. The normalized spacial score (nSPS) is 19.8. The lowest BCUT2D eigenvalue weighted by atomic mass is 9.88. The predicted octanol–water partition coefficient (Wildman–Crippen LogP) is 4.63. The number of rotatable bonds is 3. The Bertz CT molecular complexity index is 835. The van der Waals surface area contributed by atoms with E-state index >= 15 is 4.39 Å². The van der Waals surface area contributed by atoms with Gasteiger partial charge >= 0.3 is 0 Å². The molecule has 1 aliphatic heterocycles. The zero-order valence-electron chi connectivity index (χ0n) is 12.8. The Kier molecular flexibility index (Phi) is 3.75. The Labute approximate surface area is 141 Å². The van der Waals surface area contributed by atoms with Crippen molar-refractivity contribution in [2.24, 2.45) is 0 Å². The lowest BCUT2D eigenvalue weighted by molar-refractivity contribution is -0.124. The summed E-state index contributed by atoms with van der Waals surface area (Å²) >= 11 is 5.92. The molecule has 0 aromatic heterocycles. The summed E-state index contributed by atoms with van der Waals surface area (Å²) in [7, 11) is 1.34. The van der Waals surface area contributed by atoms with Gasteiger partial charge in [-0.15, -0.1) is 0 Å². The van der Waals surface area contributed by atoms with Crippen LogP contribution in [0.3, 0.4) is 0 Å². The van der Waals surface area contributed by atoms with Crippen LogP contribution in [-0.2, 0) is 16.4 Å². The summed E-state index contributed by atoms with van der Waals surface area (Å²) in [6, 6.07) is 7.59. The van der Waals surface area contributed by atoms with E-state index in [1.165, 1.54) is 31.4 Å². The largest absolute Gasteiger partial charge is 0.496 e. The second-order valence-corrected chi connectivity index (χ2v) is 6.04. The molecule has 0 fully saturated rings. The molecule has 0 bridgehead atoms. The summed E-state index contributed by atoms with van der Waals surface area (Å²) < 4.78 is 47.8. The van der Waals surface area contributed by atoms with Gasteiger partial charge in [0.2, 0.25) is 5.67 Å². The van der Waals surface area contributed by atoms with E-state index in [0.717, 1.165) is 19.1 Å². The molecule has 1 heterocycles. The number of hydrogen-bond donors (Lipinski definition) is 1. The van der Waals surface area contributed by atoms with Gasteiger partial charge in [0, 0.05) is 34.3 Å². The highest BCUT2D eigenvalue weighted by Gasteiger charge is 2.51. The minimum Gasteiger partial charge on any atom is -0.496 e. The topological polar surface area (TPSA) is 38.3 Å². The lowest BCUT2D eigenvalue weighted by Gasteiger charge is -2.21. The van der Waals surface area contributed by atoms with Crippen LogP contribution < -0.4 is 10.1 Å². The average molecular weight is 356 g/mol. The summed E-state index contributed by atoms with van der Waals surface area (Å²) in [6.45, 7) is 0.730. The Morgan fingerprint density at radius 2 is 1.88 bits per heavy atom. The molecule has 1 amide bonds. The third-order valence-electron chi connectivity index (χ3n) is 3.99. The Hall–Kier alpha value is -2.21. The molecule has 0 radical (unpaired) electrons. The molecule has 0 aliphatic carbocycles. The van der Waals surface area contributed by atoms with E-state index in [1.54, 1.807) is 0 Å². The SMILES string of the molecule is COc1ccc(Cl)cc1[C@@]1(F)C(=O)Nc2cc(C(C)(F)F)ccc21. The van der Waals surface area contributed by atoms with Gasteiger partial charge in [-0.3, -0.25) is 4.79 Å². The maximum Gasteiger partial charge on any atom is 0.271 e. The fourth-order valence-electron chi connectivity index (χ4n) is 2.77. The molecular weight excluding hydrogens is 343 g/mol. The number of ether oxygens (including phenoxy) is 1. The molecular formula is C17H13ClF3NO2. The van der Waals surface area contributed by atoms with Crippen molar-refractivity contribution in [1.82, 2.24) is 0 Å². The lowest BCUT2D eigenvalue weighted by Crippen LogP contribution is -2.31. The number of carbonyl (C=O) groups is 1. The zero-order valence-corrected chi connectivity index (χ0v) is 13.5. The van der Waals surface area contributed by atoms with Gasteiger partial charge < -0.3 is 10.1 Å². The first-order valence-electron chi connectivity index (χ1n) is 7.05. The Morgan fingerprint density at radius 3 is 2.50 bits per heavy atom. The third-order valence-corrected chi connectivity index (χ3v) is 4.23. The molecule has 2 aromatic rings. The number of nitrogens with one attached hydrogen (secondary N) is 1. The maximum absolute atomic E-state index is 15.7. The van der Waals surface area contributed by atoms with Crippen molar-refractivity contribution < 1.29 is 22.7 Å². The van der Waals surface area contributed by atoms with E-state index in [9.17, 15) is 13.6 Å². The van der Waals surface area contributed by atoms with Crippen LogP contribution >= 0.6 is 11.6 Å². The number of halogens is 4. The van der Waals surface area contributed by atoms with Gasteiger partial charge in [0.15, 0.2) is 0 Å². The molecule has 2 aromatic carbocycles. The summed E-state index contributed by atoms with van der Waals surface area (Å²) in [4.78, 5) is 12.3. The number of alkyl halides is 3. The van der Waals surface area contributed by atoms with Crippen molar-refractivity contribution in [3.63, 3.8) is 0 Å². The van der Waals surface area contributed by atoms with Crippen molar-refractivity contribution in [3.8, 4) is 5.75 Å². The van der Waals surface area contributed by atoms with Gasteiger partial charge in [-0.2, -0.15) is 0 Å². The number of amides is 1. The molecule has 0 spiro atoms. The Morgan fingerprint density at radius 1 is 1.17 bits per heavy atom. The van der Waals surface area contributed by atoms with Crippen molar-refractivity contribution in [2.45, 2.75) is 18.5 Å². The standard InChI is InChI=1S/C17H13ClF3NO2/c1-16(19,20)9-3-5-11-13(7-9)22-15(23)17(11,21)12-8-10(18)4-6-14(12)24-2/h3-8H,1-2H3,(H,22,23)/t17-/m1/s1. The molecule has 3 nitrogen and oxygen atoms in total. The van der Waals surface area contributed by atoms with Gasteiger partial charge in [0.1, 0.15) is 5.75 Å². The quantitative estimate of drug-likeness (QED) is 0.872. The van der Waals surface area contributed by atoms with Crippen LogP contribution in [0.2, 0.25) is 5.02 Å². The van der Waals surface area contributed by atoms with E-state index in [0.29, 0.717) is 0 Å². The summed E-state index contributed by atoms with van der Waals surface area (Å²) in [5.74, 6) is -3.95. The van der Waals surface area contributed by atoms with Gasteiger partial charge in [-0.05, 0) is 24.3 Å². The van der Waals surface area contributed by atoms with Gasteiger partial charge in [-0.1, -0.05) is 23.7 Å². The van der Waals surface area contributed by atoms with Crippen LogP contribution in [0.1, 0.15) is 23.6 Å². The number of anilines is 1. The molecule has 1 atom stereocenters. The fraction of sp³-hybridized carbons (Fsp3) is 0.235. The van der Waals surface area contributed by atoms with Crippen molar-refractivity contribution in [3.05, 3.63) is 58.1 Å². The van der Waals surface area contributed by atoms with E-state index in [2.05, 4.69) is 5.32 Å². The highest BCUT2D eigenvalue weighted by atomic mass is 35.5. The predicted molar refractivity (Wildman–Crippen MR) is 84.5 cm³/mol. The molecule has 3 rings (SSSR count). The van der Waals surface area contributed by atoms with E-state index < -0.39 is 17.5 Å². The zero-order chi connectivity index (χ0) is 17.7. The highest BCUT2D eigenvalue weighted by Crippen LogP contribution is 2.48. The van der Waals surface area contributed by atoms with Crippen LogP contribution in [0.5, 0.6) is 5.75 Å². The molecule has 24 heavy (non-hydrogen) atoms. The fourth-order valence-corrected chi connectivity index (χ4v) is 2.94. The van der Waals surface area contributed by atoms with E-state index in [1.807, 2.05) is 0 Å². The number of hydrogen-bond acceptors (Lipinski definition) is 2. The molecule has 1 aliphatic rings. The molecule has 1 N–H and O–H groups in total. The first kappa shape index (κ1) is 16.6. The molecule has 126 valence electrons. The molecule has 0 unspecified atom stereocenters. The summed E-state index contributed by atoms with van der Waals surface area (Å²) in [6.07, 6.45) is 0. The second-order valence-electron chi connectivity index (χ2n) is 5.61. The van der Waals surface area contributed by atoms with Crippen molar-refractivity contribution in [2.75, 3.05) is 12.4 Å². The molecule has 0 saturated carbocycles. The maximum atomic E-state index is 15.7. The van der Waals surface area contributed by atoms with Gasteiger partial charge in [0.05, 0.1) is 7.11 Å². The molecule has 7 heteroatoms. The van der Waals surface area contributed by atoms with Crippen molar-refractivity contribution >= 4 is 23.2 Å². The number of benzene rings is 2. The van der Waals surface area contributed by atoms with Crippen LogP contribution in [0.25, 0.3) is 0 Å². The molecule has 0 saturated heterocycles. The van der Waals surface area contributed by atoms with Crippen LogP contribution in [0, 0.1) is 0 Å². The number of fused-ring (bicyclic) bond motifs is 1. The van der Waals surface area contributed by atoms with Crippen LogP contribution in [-0.4, -0.2) is 13.0 Å². The minimum absolute atomic E-state index is 0.00329. The van der Waals surface area contributed by atoms with Crippen molar-refractivity contribution in [1.29, 1.82) is 0 Å². The highest BCUT2D eigenvalue weighted by molar-refractivity contribution is 6.30. The monoisotopic (exact) mass is 355 g/mol. The van der Waals surface area contributed by atoms with Gasteiger partial charge in [-0.25, -0.2) is 13.2 Å². The Balaban J connectivity index is 2.21. The smallest absolute Gasteiger partial charge is 0.271 e. The van der Waals surface area contributed by atoms with E-state index in [-0.39, 0.29) is 33.1 Å². The number of methoxy groups -OCH3 is 1.